The average molecular weight is 359 g/mol. The van der Waals surface area contributed by atoms with Gasteiger partial charge in [-0.25, -0.2) is 0 Å². The summed E-state index contributed by atoms with van der Waals surface area (Å²) in [6.45, 7) is 17.2. The molecule has 0 radical (unpaired) electrons. The molecule has 0 unspecified atom stereocenters. The molecule has 0 atom stereocenters. The predicted octanol–water partition coefficient (Wildman–Crippen LogP) is 4.88. The minimum Gasteiger partial charge on any atom is -0.285 e. The van der Waals surface area contributed by atoms with Crippen LogP contribution in [0.4, 0.5) is 0 Å². The molecule has 6 nitrogen and oxygen atoms in total. The van der Waals surface area contributed by atoms with Gasteiger partial charge in [0.1, 0.15) is 0 Å². The Balaban J connectivity index is 0.000000195. The van der Waals surface area contributed by atoms with E-state index in [9.17, 15) is 0 Å². The molecule has 0 fully saturated rings. The van der Waals surface area contributed by atoms with Crippen LogP contribution < -0.4 is 0 Å². The van der Waals surface area contributed by atoms with E-state index in [-0.39, 0.29) is 10.8 Å². The van der Waals surface area contributed by atoms with E-state index < -0.39 is 0 Å². The Labute approximate surface area is 157 Å². The largest absolute Gasteiger partial charge is 0.285 e. The Morgan fingerprint density at radius 2 is 1.65 bits per heavy atom. The first-order chi connectivity index (χ1) is 12.0. The second kappa shape index (κ2) is 9.36. The fraction of sp³-hybridized carbons (Fsp3) is 0.550. The van der Waals surface area contributed by atoms with Gasteiger partial charge in [-0.05, 0) is 37.0 Å². The molecule has 0 aliphatic rings. The molecule has 0 aliphatic carbocycles. The highest BCUT2D eigenvalue weighted by Crippen LogP contribution is 2.19. The number of H-pyrrole nitrogens is 2. The number of aromatic amines is 2. The molecule has 0 aliphatic heterocycles. The summed E-state index contributed by atoms with van der Waals surface area (Å²) in [6, 6.07) is 4.42. The van der Waals surface area contributed by atoms with Crippen LogP contribution in [0.3, 0.4) is 0 Å². The lowest BCUT2D eigenvalue weighted by molar-refractivity contribution is 0.532. The highest BCUT2D eigenvalue weighted by atomic mass is 15.3. The average Bonchev–Trinajstić information content (AvgIpc) is 3.28. The molecule has 3 heterocycles. The number of aromatic nitrogens is 6. The standard InChI is InChI=1S/2C7H12N2.C6H10N2/c1-7(2,3)6-4-8-9-5-6;1-7(2,3)6-4-5-8-9-6;1-6(2)8-5-3-4-7-8/h2*4-5H,1-3H3,(H,8,9);3-6H,1-2H3. The maximum absolute atomic E-state index is 4.03. The van der Waals surface area contributed by atoms with E-state index in [2.05, 4.69) is 80.9 Å². The lowest BCUT2D eigenvalue weighted by Crippen LogP contribution is -2.11. The summed E-state index contributed by atoms with van der Waals surface area (Å²) in [4.78, 5) is 0. The maximum Gasteiger partial charge on any atom is 0.0524 e. The topological polar surface area (TPSA) is 75.2 Å². The molecular weight excluding hydrogens is 324 g/mol. The van der Waals surface area contributed by atoms with Crippen LogP contribution in [0, 0.1) is 0 Å². The van der Waals surface area contributed by atoms with Gasteiger partial charge in [-0.2, -0.15) is 15.3 Å². The Morgan fingerprint density at radius 1 is 0.962 bits per heavy atom. The summed E-state index contributed by atoms with van der Waals surface area (Å²) in [5, 5.41) is 17.5. The third-order valence-corrected chi connectivity index (χ3v) is 3.73. The summed E-state index contributed by atoms with van der Waals surface area (Å²) in [6.07, 6.45) is 9.32. The van der Waals surface area contributed by atoms with E-state index in [0.717, 1.165) is 0 Å². The van der Waals surface area contributed by atoms with E-state index in [4.69, 9.17) is 0 Å². The smallest absolute Gasteiger partial charge is 0.0524 e. The number of hydrogen-bond donors (Lipinski definition) is 2. The minimum absolute atomic E-state index is 0.205. The molecular formula is C20H34N6. The quantitative estimate of drug-likeness (QED) is 0.651. The second-order valence-corrected chi connectivity index (χ2v) is 8.54. The third kappa shape index (κ3) is 7.68. The zero-order valence-corrected chi connectivity index (χ0v) is 17.4. The fourth-order valence-electron chi connectivity index (χ4n) is 1.92. The molecule has 3 aromatic rings. The Bertz CT molecular complexity index is 636. The van der Waals surface area contributed by atoms with Crippen molar-refractivity contribution >= 4 is 0 Å². The zero-order chi connectivity index (χ0) is 19.8. The Morgan fingerprint density at radius 3 is 1.88 bits per heavy atom. The van der Waals surface area contributed by atoms with E-state index in [1.165, 1.54) is 11.3 Å². The van der Waals surface area contributed by atoms with Crippen molar-refractivity contribution in [2.24, 2.45) is 0 Å². The maximum atomic E-state index is 4.03. The summed E-state index contributed by atoms with van der Waals surface area (Å²) < 4.78 is 1.92. The normalized spacial score (nSPS) is 11.4. The zero-order valence-electron chi connectivity index (χ0n) is 17.4. The van der Waals surface area contributed by atoms with Crippen LogP contribution in [-0.2, 0) is 10.8 Å². The van der Waals surface area contributed by atoms with Crippen molar-refractivity contribution < 1.29 is 0 Å². The molecule has 144 valence electrons. The summed E-state index contributed by atoms with van der Waals surface area (Å²) in [7, 11) is 0. The van der Waals surface area contributed by atoms with E-state index >= 15 is 0 Å². The van der Waals surface area contributed by atoms with Gasteiger partial charge in [0, 0.05) is 41.9 Å². The molecule has 0 bridgehead atoms. The van der Waals surface area contributed by atoms with Crippen molar-refractivity contribution in [1.82, 2.24) is 30.2 Å². The monoisotopic (exact) mass is 358 g/mol. The molecule has 3 rings (SSSR count). The molecule has 0 amide bonds. The number of nitrogens with zero attached hydrogens (tertiary/aromatic N) is 4. The van der Waals surface area contributed by atoms with Crippen LogP contribution in [0.2, 0.25) is 0 Å². The highest BCUT2D eigenvalue weighted by Gasteiger charge is 2.14. The first-order valence-corrected chi connectivity index (χ1v) is 9.00. The third-order valence-electron chi connectivity index (χ3n) is 3.73. The molecule has 2 N–H and O–H groups in total. The highest BCUT2D eigenvalue weighted by molar-refractivity contribution is 5.13. The molecule has 26 heavy (non-hydrogen) atoms. The molecule has 3 aromatic heterocycles. The number of rotatable bonds is 1. The SMILES string of the molecule is CC(C)(C)c1ccn[nH]1.CC(C)(C)c1cn[nH]c1.CC(C)n1cccn1. The molecule has 0 aromatic carbocycles. The summed E-state index contributed by atoms with van der Waals surface area (Å²) in [5.41, 5.74) is 2.87. The molecule has 0 saturated heterocycles. The van der Waals surface area contributed by atoms with Gasteiger partial charge in [0.25, 0.3) is 0 Å². The number of hydrogen-bond acceptors (Lipinski definition) is 3. The van der Waals surface area contributed by atoms with Gasteiger partial charge < -0.3 is 0 Å². The summed E-state index contributed by atoms with van der Waals surface area (Å²) in [5.74, 6) is 0. The lowest BCUT2D eigenvalue weighted by Gasteiger charge is -2.14. The lowest BCUT2D eigenvalue weighted by atomic mass is 9.90. The van der Waals surface area contributed by atoms with E-state index in [0.29, 0.717) is 6.04 Å². The number of nitrogens with one attached hydrogen (secondary N) is 2. The van der Waals surface area contributed by atoms with Gasteiger partial charge >= 0.3 is 0 Å². The van der Waals surface area contributed by atoms with Crippen molar-refractivity contribution in [3.63, 3.8) is 0 Å². The van der Waals surface area contributed by atoms with Gasteiger partial charge in [-0.1, -0.05) is 41.5 Å². The van der Waals surface area contributed by atoms with Crippen molar-refractivity contribution in [3.8, 4) is 0 Å². The van der Waals surface area contributed by atoms with Crippen LogP contribution >= 0.6 is 0 Å². The van der Waals surface area contributed by atoms with Gasteiger partial charge in [0.15, 0.2) is 0 Å². The van der Waals surface area contributed by atoms with Crippen LogP contribution in [0.25, 0.3) is 0 Å². The first-order valence-electron chi connectivity index (χ1n) is 9.00. The first kappa shape index (κ1) is 21.7. The van der Waals surface area contributed by atoms with Crippen molar-refractivity contribution in [1.29, 1.82) is 0 Å². The minimum atomic E-state index is 0.205. The van der Waals surface area contributed by atoms with Crippen molar-refractivity contribution in [2.45, 2.75) is 72.3 Å². The van der Waals surface area contributed by atoms with Gasteiger partial charge in [-0.3, -0.25) is 14.9 Å². The Kier molecular flexibility index (Phi) is 7.80. The predicted molar refractivity (Wildman–Crippen MR) is 107 cm³/mol. The van der Waals surface area contributed by atoms with Crippen LogP contribution in [0.15, 0.2) is 43.1 Å². The van der Waals surface area contributed by atoms with Gasteiger partial charge in [-0.15, -0.1) is 0 Å². The van der Waals surface area contributed by atoms with E-state index in [1.807, 2.05) is 35.4 Å². The van der Waals surface area contributed by atoms with Crippen molar-refractivity contribution in [2.75, 3.05) is 0 Å². The van der Waals surface area contributed by atoms with Crippen molar-refractivity contribution in [3.05, 3.63) is 54.4 Å². The molecule has 0 saturated carbocycles. The Hall–Kier alpha value is -2.37. The second-order valence-electron chi connectivity index (χ2n) is 8.54. The molecule has 6 heteroatoms. The van der Waals surface area contributed by atoms with Gasteiger partial charge in [0.2, 0.25) is 0 Å². The molecule has 0 spiro atoms. The summed E-state index contributed by atoms with van der Waals surface area (Å²) >= 11 is 0. The van der Waals surface area contributed by atoms with Crippen LogP contribution in [0.1, 0.15) is 72.7 Å². The van der Waals surface area contributed by atoms with Gasteiger partial charge in [0.05, 0.1) is 6.20 Å². The van der Waals surface area contributed by atoms with Crippen LogP contribution in [-0.4, -0.2) is 30.2 Å². The van der Waals surface area contributed by atoms with E-state index in [1.54, 1.807) is 12.4 Å². The van der Waals surface area contributed by atoms with Crippen LogP contribution in [0.5, 0.6) is 0 Å². The fourth-order valence-corrected chi connectivity index (χ4v) is 1.92.